The first-order valence-corrected chi connectivity index (χ1v) is 5.95. The maximum atomic E-state index is 11.9. The van der Waals surface area contributed by atoms with Crippen molar-refractivity contribution in [3.63, 3.8) is 0 Å². The van der Waals surface area contributed by atoms with Gasteiger partial charge in [0.1, 0.15) is 12.3 Å². The summed E-state index contributed by atoms with van der Waals surface area (Å²) < 4.78 is 7.46. The predicted octanol–water partition coefficient (Wildman–Crippen LogP) is 0.590. The zero-order valence-electron chi connectivity index (χ0n) is 10.9. The number of nitrogens with zero attached hydrogens (tertiary/aromatic N) is 3. The van der Waals surface area contributed by atoms with Crippen LogP contribution < -0.4 is 15.9 Å². The van der Waals surface area contributed by atoms with E-state index in [4.69, 9.17) is 10.00 Å². The van der Waals surface area contributed by atoms with Crippen LogP contribution in [-0.2, 0) is 13.1 Å². The summed E-state index contributed by atoms with van der Waals surface area (Å²) in [6, 6.07) is 9.06. The Morgan fingerprint density at radius 3 is 2.30 bits per heavy atom. The van der Waals surface area contributed by atoms with Crippen LogP contribution in [0.2, 0.25) is 0 Å². The molecule has 102 valence electrons. The maximum Gasteiger partial charge on any atom is 0.317 e. The lowest BCUT2D eigenvalue weighted by atomic mass is 10.2. The number of rotatable bonds is 4. The predicted molar refractivity (Wildman–Crippen MR) is 72.7 cm³/mol. The summed E-state index contributed by atoms with van der Waals surface area (Å²) in [5.74, 6) is 0.727. The molecule has 1 aromatic carbocycles. The molecule has 0 aliphatic carbocycles. The van der Waals surface area contributed by atoms with E-state index < -0.39 is 11.1 Å². The summed E-state index contributed by atoms with van der Waals surface area (Å²) in [5, 5.41) is 8.56. The van der Waals surface area contributed by atoms with Gasteiger partial charge in [0.15, 0.2) is 0 Å². The Morgan fingerprint density at radius 1 is 1.10 bits per heavy atom. The minimum absolute atomic E-state index is 0.128. The van der Waals surface area contributed by atoms with Crippen LogP contribution in [0.15, 0.2) is 46.2 Å². The highest BCUT2D eigenvalue weighted by molar-refractivity contribution is 5.27. The van der Waals surface area contributed by atoms with Crippen LogP contribution >= 0.6 is 0 Å². The summed E-state index contributed by atoms with van der Waals surface area (Å²) in [6.45, 7) is 0.170. The molecule has 0 saturated heterocycles. The first-order valence-electron chi connectivity index (χ1n) is 5.95. The monoisotopic (exact) mass is 271 g/mol. The molecule has 0 fully saturated rings. The molecule has 1 aromatic heterocycles. The highest BCUT2D eigenvalue weighted by Crippen LogP contribution is 2.11. The molecule has 0 saturated carbocycles. The summed E-state index contributed by atoms with van der Waals surface area (Å²) in [6.07, 6.45) is 2.95. The van der Waals surface area contributed by atoms with Gasteiger partial charge in [-0.25, -0.2) is 0 Å². The normalized spacial score (nSPS) is 10.0. The lowest BCUT2D eigenvalue weighted by Crippen LogP contribution is -2.40. The van der Waals surface area contributed by atoms with Crippen LogP contribution in [0.5, 0.6) is 5.75 Å². The van der Waals surface area contributed by atoms with Crippen LogP contribution in [0.25, 0.3) is 0 Å². The molecule has 0 radical (unpaired) electrons. The highest BCUT2D eigenvalue weighted by Gasteiger charge is 2.05. The fraction of sp³-hybridized carbons (Fsp3) is 0.214. The van der Waals surface area contributed by atoms with Gasteiger partial charge in [0.25, 0.3) is 0 Å². The van der Waals surface area contributed by atoms with Crippen molar-refractivity contribution in [1.29, 1.82) is 5.26 Å². The van der Waals surface area contributed by atoms with E-state index >= 15 is 0 Å². The molecule has 0 aliphatic rings. The van der Waals surface area contributed by atoms with Crippen molar-refractivity contribution in [1.82, 2.24) is 9.13 Å². The minimum Gasteiger partial charge on any atom is -0.497 e. The van der Waals surface area contributed by atoms with E-state index in [2.05, 4.69) is 0 Å². The average Bonchev–Trinajstić information content (AvgIpc) is 2.48. The second kappa shape index (κ2) is 5.89. The molecule has 20 heavy (non-hydrogen) atoms. The molecule has 0 amide bonds. The van der Waals surface area contributed by atoms with E-state index in [-0.39, 0.29) is 6.54 Å². The molecule has 0 spiro atoms. The Balaban J connectivity index is 2.30. The van der Waals surface area contributed by atoms with Crippen LogP contribution in [0.3, 0.4) is 0 Å². The molecule has 0 bridgehead atoms. The largest absolute Gasteiger partial charge is 0.497 e. The summed E-state index contributed by atoms with van der Waals surface area (Å²) >= 11 is 0. The Kier molecular flexibility index (Phi) is 4.01. The standard InChI is InChI=1S/C14H13N3O3/c1-20-12-4-2-11(3-5-12)10-17-9-8-16(7-6-15)13(18)14(17)19/h2-5,8-9H,7,10H2,1H3. The van der Waals surface area contributed by atoms with Gasteiger partial charge in [0.05, 0.1) is 19.7 Å². The lowest BCUT2D eigenvalue weighted by molar-refractivity contribution is 0.414. The molecule has 0 atom stereocenters. The van der Waals surface area contributed by atoms with Gasteiger partial charge in [-0.15, -0.1) is 0 Å². The number of hydrogen-bond acceptors (Lipinski definition) is 4. The van der Waals surface area contributed by atoms with E-state index in [0.717, 1.165) is 15.9 Å². The van der Waals surface area contributed by atoms with Gasteiger partial charge in [0.2, 0.25) is 0 Å². The zero-order chi connectivity index (χ0) is 14.5. The lowest BCUT2D eigenvalue weighted by Gasteiger charge is -2.07. The van der Waals surface area contributed by atoms with Crippen LogP contribution in [0.4, 0.5) is 0 Å². The van der Waals surface area contributed by atoms with E-state index in [1.165, 1.54) is 17.0 Å². The first-order chi connectivity index (χ1) is 9.65. The Labute approximate surface area is 115 Å². The minimum atomic E-state index is -0.692. The Morgan fingerprint density at radius 2 is 1.70 bits per heavy atom. The summed E-state index contributed by atoms with van der Waals surface area (Å²) in [4.78, 5) is 23.6. The van der Waals surface area contributed by atoms with Crippen molar-refractivity contribution in [3.8, 4) is 11.8 Å². The van der Waals surface area contributed by atoms with Gasteiger partial charge in [0, 0.05) is 12.4 Å². The van der Waals surface area contributed by atoms with Crippen molar-refractivity contribution >= 4 is 0 Å². The van der Waals surface area contributed by atoms with Crippen molar-refractivity contribution in [3.05, 3.63) is 62.9 Å². The third-order valence-electron chi connectivity index (χ3n) is 2.88. The number of aromatic nitrogens is 2. The molecule has 1 heterocycles. The SMILES string of the molecule is COc1ccc(Cn2ccn(CC#N)c(=O)c2=O)cc1. The number of hydrogen-bond donors (Lipinski definition) is 0. The summed E-state index contributed by atoms with van der Waals surface area (Å²) in [7, 11) is 1.58. The molecule has 0 aliphatic heterocycles. The summed E-state index contributed by atoms with van der Waals surface area (Å²) in [5.41, 5.74) is -0.452. The van der Waals surface area contributed by atoms with Gasteiger partial charge in [-0.2, -0.15) is 5.26 Å². The number of benzene rings is 1. The van der Waals surface area contributed by atoms with Gasteiger partial charge < -0.3 is 9.30 Å². The number of methoxy groups -OCH3 is 1. The third-order valence-corrected chi connectivity index (χ3v) is 2.88. The van der Waals surface area contributed by atoms with Crippen molar-refractivity contribution in [2.24, 2.45) is 0 Å². The molecule has 6 heteroatoms. The fourth-order valence-electron chi connectivity index (χ4n) is 1.79. The van der Waals surface area contributed by atoms with Crippen LogP contribution in [0, 0.1) is 11.3 Å². The van der Waals surface area contributed by atoms with Gasteiger partial charge in [-0.05, 0) is 17.7 Å². The third kappa shape index (κ3) is 2.78. The quantitative estimate of drug-likeness (QED) is 0.763. The molecule has 0 N–H and O–H groups in total. The molecular weight excluding hydrogens is 258 g/mol. The number of ether oxygens (including phenoxy) is 1. The van der Waals surface area contributed by atoms with Crippen molar-refractivity contribution in [2.45, 2.75) is 13.1 Å². The Hall–Kier alpha value is -2.81. The maximum absolute atomic E-state index is 11.9. The zero-order valence-corrected chi connectivity index (χ0v) is 10.9. The molecular formula is C14H13N3O3. The van der Waals surface area contributed by atoms with Crippen LogP contribution in [0.1, 0.15) is 5.56 Å². The van der Waals surface area contributed by atoms with Crippen LogP contribution in [-0.4, -0.2) is 16.2 Å². The van der Waals surface area contributed by atoms with Gasteiger partial charge >= 0.3 is 11.1 Å². The van der Waals surface area contributed by atoms with Crippen molar-refractivity contribution < 1.29 is 4.74 Å². The van der Waals surface area contributed by atoms with Gasteiger partial charge in [-0.1, -0.05) is 12.1 Å². The van der Waals surface area contributed by atoms with E-state index in [9.17, 15) is 9.59 Å². The number of nitriles is 1. The second-order valence-corrected chi connectivity index (χ2v) is 4.17. The van der Waals surface area contributed by atoms with E-state index in [0.29, 0.717) is 6.54 Å². The fourth-order valence-corrected chi connectivity index (χ4v) is 1.79. The smallest absolute Gasteiger partial charge is 0.317 e. The molecule has 2 aromatic rings. The second-order valence-electron chi connectivity index (χ2n) is 4.17. The van der Waals surface area contributed by atoms with E-state index in [1.54, 1.807) is 19.2 Å². The Bertz CT molecular complexity index is 751. The molecule has 6 nitrogen and oxygen atoms in total. The molecule has 0 unspecified atom stereocenters. The van der Waals surface area contributed by atoms with Gasteiger partial charge in [-0.3, -0.25) is 14.2 Å². The first kappa shape index (κ1) is 13.6. The highest BCUT2D eigenvalue weighted by atomic mass is 16.5. The average molecular weight is 271 g/mol. The molecule has 2 rings (SSSR count). The topological polar surface area (TPSA) is 77.0 Å². The van der Waals surface area contributed by atoms with E-state index in [1.807, 2.05) is 18.2 Å². The van der Waals surface area contributed by atoms with Crippen molar-refractivity contribution in [2.75, 3.05) is 7.11 Å².